The van der Waals surface area contributed by atoms with Gasteiger partial charge in [-0.05, 0) is 109 Å². The molecule has 0 aromatic heterocycles. The van der Waals surface area contributed by atoms with E-state index in [1.807, 2.05) is 0 Å². The molecule has 0 amide bonds. The number of rotatable bonds is 104. The molecule has 0 atom stereocenters. The van der Waals surface area contributed by atoms with Crippen LogP contribution in [-0.4, -0.2) is 68.0 Å². The van der Waals surface area contributed by atoms with Crippen LogP contribution in [-0.2, 0) is 28.8 Å². The normalized spacial score (nSPS) is 13.0. The van der Waals surface area contributed by atoms with Crippen LogP contribution in [0.4, 0.5) is 0 Å². The Labute approximate surface area is 786 Å². The van der Waals surface area contributed by atoms with Crippen molar-refractivity contribution in [1.82, 2.24) is 0 Å². The van der Waals surface area contributed by atoms with Gasteiger partial charge >= 0.3 is 51.4 Å². The standard InChI is InChI=1S/C108H234O7Si8/c1-19-37-55-73-91-116(92-74-56-38-20-2,93-75-57-39-21-3)109-118(97-79-61-43-25-7,98-80-62-44-26-8)111-120(101-83-65-47-29-11,102-84-66-48-30-12)113-122(105-87-69-51-33-15,106-88-70-52-34-16)115-123(107-89-71-53-35-17,108-90-72-54-36-18)114-121(103-85-67-49-31-13,104-86-68-50-32-14)112-119(99-81-63-45-27-9,100-82-64-46-28-10)110-117(94-76-58-40-22-4,95-77-59-41-23-5)96-78-60-42-24-6/h19-108H2,1-18H3. The largest absolute Gasteiger partial charge is 0.436 e. The van der Waals surface area contributed by atoms with E-state index in [9.17, 15) is 28.8 Å². The van der Waals surface area contributed by atoms with E-state index in [2.05, 4.69) is 125 Å². The molecule has 0 aliphatic heterocycles. The predicted octanol–water partition coefficient (Wildman–Crippen LogP) is 42.1. The minimum absolute atomic E-state index is 1.10. The maximum atomic E-state index is 9.82. The Morgan fingerprint density at radius 3 is 0.260 bits per heavy atom. The zero-order chi connectivity index (χ0) is 90.6. The first-order valence-electron chi connectivity index (χ1n) is 57.9. The molecule has 0 fully saturated rings. The Morgan fingerprint density at radius 1 is 0.0894 bits per heavy atom. The van der Waals surface area contributed by atoms with Crippen molar-refractivity contribution in [3.8, 4) is 0 Å². The molecule has 0 unspecified atom stereocenters. The van der Waals surface area contributed by atoms with Crippen molar-refractivity contribution >= 4 is 68.0 Å². The van der Waals surface area contributed by atoms with Gasteiger partial charge in [0.15, 0.2) is 16.6 Å². The highest BCUT2D eigenvalue weighted by Gasteiger charge is 2.61. The summed E-state index contributed by atoms with van der Waals surface area (Å²) in [5.41, 5.74) is 0. The molecule has 740 valence electrons. The van der Waals surface area contributed by atoms with Crippen molar-refractivity contribution in [3.05, 3.63) is 0 Å². The van der Waals surface area contributed by atoms with Crippen molar-refractivity contribution in [2.45, 2.75) is 696 Å². The van der Waals surface area contributed by atoms with Crippen LogP contribution in [0, 0.1) is 0 Å². The average Bonchev–Trinajstić information content (AvgIpc) is 0.757. The van der Waals surface area contributed by atoms with Crippen LogP contribution in [0.5, 0.6) is 0 Å². The zero-order valence-corrected chi connectivity index (χ0v) is 96.5. The quantitative estimate of drug-likeness (QED) is 0.0444. The fourth-order valence-corrected chi connectivity index (χ4v) is 73.9. The van der Waals surface area contributed by atoms with E-state index < -0.39 is 68.0 Å². The van der Waals surface area contributed by atoms with Gasteiger partial charge in [0.25, 0.3) is 0 Å². The van der Waals surface area contributed by atoms with Crippen molar-refractivity contribution < 1.29 is 28.8 Å². The molecule has 0 heterocycles. The van der Waals surface area contributed by atoms with Crippen LogP contribution >= 0.6 is 0 Å². The molecule has 0 saturated carbocycles. The van der Waals surface area contributed by atoms with E-state index in [1.165, 1.54) is 523 Å². The highest BCUT2D eigenvalue weighted by atomic mass is 28.5. The average molecular weight is 1870 g/mol. The van der Waals surface area contributed by atoms with Gasteiger partial charge in [0.1, 0.15) is 0 Å². The predicted molar refractivity (Wildman–Crippen MR) is 575 cm³/mol. The van der Waals surface area contributed by atoms with Gasteiger partial charge in [-0.1, -0.05) is 587 Å². The van der Waals surface area contributed by atoms with Crippen molar-refractivity contribution in [2.24, 2.45) is 0 Å². The molecule has 0 radical (unpaired) electrons. The Bertz CT molecular complexity index is 1870. The second-order valence-corrected chi connectivity index (χ2v) is 71.5. The van der Waals surface area contributed by atoms with Crippen molar-refractivity contribution in [1.29, 1.82) is 0 Å². The molecule has 0 aliphatic rings. The fraction of sp³-hybridized carbons (Fsp3) is 1.00. The maximum Gasteiger partial charge on any atom is 0.320 e. The first-order valence-corrected chi connectivity index (χ1v) is 76.4. The molecule has 0 spiro atoms. The van der Waals surface area contributed by atoms with Gasteiger partial charge in [0.05, 0.1) is 0 Å². The van der Waals surface area contributed by atoms with Crippen LogP contribution in [0.2, 0.25) is 109 Å². The molecule has 0 aromatic carbocycles. The van der Waals surface area contributed by atoms with E-state index >= 15 is 0 Å². The monoisotopic (exact) mass is 1870 g/mol. The van der Waals surface area contributed by atoms with Gasteiger partial charge in [0.2, 0.25) is 0 Å². The molecule has 0 bridgehead atoms. The van der Waals surface area contributed by atoms with E-state index in [4.69, 9.17) is 0 Å². The summed E-state index contributed by atoms with van der Waals surface area (Å²) in [6.07, 6.45) is 92.5. The molecule has 0 aromatic rings. The summed E-state index contributed by atoms with van der Waals surface area (Å²) >= 11 is 0. The summed E-state index contributed by atoms with van der Waals surface area (Å²) in [5.74, 6) is 0. The lowest BCUT2D eigenvalue weighted by Gasteiger charge is -2.52. The second kappa shape index (κ2) is 86.3. The summed E-state index contributed by atoms with van der Waals surface area (Å²) in [5, 5.41) is 0. The zero-order valence-electron chi connectivity index (χ0n) is 88.5. The van der Waals surface area contributed by atoms with E-state index in [-0.39, 0.29) is 0 Å². The van der Waals surface area contributed by atoms with Gasteiger partial charge in [-0.15, -0.1) is 0 Å². The van der Waals surface area contributed by atoms with Crippen molar-refractivity contribution in [2.75, 3.05) is 0 Å². The third-order valence-electron chi connectivity index (χ3n) is 28.5. The third-order valence-corrected chi connectivity index (χ3v) is 70.8. The summed E-state index contributed by atoms with van der Waals surface area (Å²) in [7, 11) is -24.4. The summed E-state index contributed by atoms with van der Waals surface area (Å²) in [6, 6.07) is 21.5. The molecule has 15 heteroatoms. The van der Waals surface area contributed by atoms with Gasteiger partial charge in [-0.3, -0.25) is 0 Å². The fourth-order valence-electron chi connectivity index (χ4n) is 20.7. The number of hydrogen-bond donors (Lipinski definition) is 0. The molecule has 0 saturated heterocycles. The smallest absolute Gasteiger partial charge is 0.320 e. The Kier molecular flexibility index (Phi) is 87.3. The van der Waals surface area contributed by atoms with Crippen LogP contribution in [0.25, 0.3) is 0 Å². The van der Waals surface area contributed by atoms with Gasteiger partial charge < -0.3 is 28.8 Å². The lowest BCUT2D eigenvalue weighted by atomic mass is 10.2. The molecule has 0 N–H and O–H groups in total. The van der Waals surface area contributed by atoms with Crippen molar-refractivity contribution in [3.63, 3.8) is 0 Å². The molecular formula is C108H234O7Si8. The summed E-state index contributed by atoms with van der Waals surface area (Å²) in [4.78, 5) is 0. The lowest BCUT2D eigenvalue weighted by Crippen LogP contribution is -2.68. The molecular weight excluding hydrogens is 1630 g/mol. The van der Waals surface area contributed by atoms with Crippen LogP contribution in [0.1, 0.15) is 587 Å². The summed E-state index contributed by atoms with van der Waals surface area (Å²) < 4.78 is 67.2. The summed E-state index contributed by atoms with van der Waals surface area (Å²) in [6.45, 7) is 44.2. The van der Waals surface area contributed by atoms with Crippen LogP contribution in [0.3, 0.4) is 0 Å². The Morgan fingerprint density at radius 2 is 0.171 bits per heavy atom. The minimum Gasteiger partial charge on any atom is -0.436 e. The lowest BCUT2D eigenvalue weighted by molar-refractivity contribution is 0.226. The van der Waals surface area contributed by atoms with Gasteiger partial charge in [-0.25, -0.2) is 0 Å². The van der Waals surface area contributed by atoms with Crippen LogP contribution < -0.4 is 0 Å². The van der Waals surface area contributed by atoms with Gasteiger partial charge in [-0.2, -0.15) is 0 Å². The highest BCUT2D eigenvalue weighted by Crippen LogP contribution is 2.49. The Balaban J connectivity index is 11.4. The molecule has 0 aliphatic carbocycles. The third kappa shape index (κ3) is 63.4. The van der Waals surface area contributed by atoms with E-state index in [1.54, 1.807) is 0 Å². The Hall–Kier alpha value is 1.46. The van der Waals surface area contributed by atoms with Crippen LogP contribution in [0.15, 0.2) is 0 Å². The molecule has 0 rings (SSSR count). The number of unbranched alkanes of at least 4 members (excludes halogenated alkanes) is 54. The first kappa shape index (κ1) is 124. The second-order valence-electron chi connectivity index (χ2n) is 41.1. The number of hydrogen-bond acceptors (Lipinski definition) is 7. The SMILES string of the molecule is CCCCCC[Si](CCCCCC)(CCCCCC)O[Si](CCCCCC)(CCCCCC)O[Si](CCCCCC)(CCCCCC)O[Si](CCCCCC)(CCCCCC)O[Si](CCCCCC)(CCCCCC)O[Si](CCCCCC)(CCCCCC)O[Si](CCCCCC)(CCCCCC)O[Si](CCCCCC)(CCCCCC)CCCCCC. The topological polar surface area (TPSA) is 64.6 Å². The minimum atomic E-state index is -3.38. The first-order chi connectivity index (χ1) is 60.0. The maximum absolute atomic E-state index is 9.82. The highest BCUT2D eigenvalue weighted by molar-refractivity contribution is 6.95. The van der Waals surface area contributed by atoms with E-state index in [0.29, 0.717) is 0 Å². The molecule has 7 nitrogen and oxygen atoms in total. The van der Waals surface area contributed by atoms with E-state index in [0.717, 1.165) is 48.4 Å². The van der Waals surface area contributed by atoms with Gasteiger partial charge in [0, 0.05) is 0 Å². The molecule has 123 heavy (non-hydrogen) atoms.